The van der Waals surface area contributed by atoms with E-state index in [0.29, 0.717) is 0 Å². The summed E-state index contributed by atoms with van der Waals surface area (Å²) in [4.78, 5) is 20.7. The van der Waals surface area contributed by atoms with Crippen LogP contribution in [0.2, 0.25) is 0 Å². The van der Waals surface area contributed by atoms with Gasteiger partial charge in [-0.2, -0.15) is 0 Å². The van der Waals surface area contributed by atoms with Gasteiger partial charge in [0.15, 0.2) is 0 Å². The second kappa shape index (κ2) is 3.09. The van der Waals surface area contributed by atoms with Gasteiger partial charge in [-0.1, -0.05) is 0 Å². The lowest BCUT2D eigenvalue weighted by atomic mass is 9.89. The molecule has 0 fully saturated rings. The minimum Gasteiger partial charge on any atom is -0.481 e. The molecule has 0 aliphatic rings. The van der Waals surface area contributed by atoms with Crippen LogP contribution in [0.4, 0.5) is 0 Å². The van der Waals surface area contributed by atoms with Gasteiger partial charge in [0.1, 0.15) is 5.38 Å². The maximum absolute atomic E-state index is 10.4. The molecule has 64 valence electrons. The molecule has 0 saturated carbocycles. The van der Waals surface area contributed by atoms with E-state index in [9.17, 15) is 9.59 Å². The van der Waals surface area contributed by atoms with Crippen LogP contribution in [0.3, 0.4) is 0 Å². The van der Waals surface area contributed by atoms with Crippen molar-refractivity contribution in [2.24, 2.45) is 5.41 Å². The molecule has 0 amide bonds. The fraction of sp³-hybridized carbons (Fsp3) is 0.667. The third kappa shape index (κ3) is 2.08. The normalized spacial score (nSPS) is 14.1. The quantitative estimate of drug-likeness (QED) is 0.630. The van der Waals surface area contributed by atoms with Gasteiger partial charge in [-0.05, 0) is 13.8 Å². The van der Waals surface area contributed by atoms with E-state index < -0.39 is 22.7 Å². The molecule has 0 spiro atoms. The van der Waals surface area contributed by atoms with Crippen molar-refractivity contribution in [3.8, 4) is 0 Å². The standard InChI is InChI=1S/C6H9ClO4/c1-6(2,5(10)11)3(7)4(8)9/h3H,1-2H3,(H,8,9)(H,10,11)/t3-/m1/s1. The zero-order valence-electron chi connectivity index (χ0n) is 6.17. The first-order valence-corrected chi connectivity index (χ1v) is 3.34. The molecule has 0 unspecified atom stereocenters. The lowest BCUT2D eigenvalue weighted by Gasteiger charge is -2.21. The van der Waals surface area contributed by atoms with Gasteiger partial charge in [0.05, 0.1) is 5.41 Å². The van der Waals surface area contributed by atoms with Crippen LogP contribution in [-0.2, 0) is 9.59 Å². The minimum atomic E-state index is -1.44. The third-order valence-electron chi connectivity index (χ3n) is 1.40. The first-order chi connectivity index (χ1) is 4.80. The van der Waals surface area contributed by atoms with E-state index in [-0.39, 0.29) is 0 Å². The molecule has 0 bridgehead atoms. The Morgan fingerprint density at radius 1 is 1.36 bits per heavy atom. The smallest absolute Gasteiger partial charge is 0.322 e. The molecule has 0 rings (SSSR count). The Labute approximate surface area is 68.8 Å². The summed E-state index contributed by atoms with van der Waals surface area (Å²) in [6.45, 7) is 2.53. The number of rotatable bonds is 3. The van der Waals surface area contributed by atoms with Crippen LogP contribution in [-0.4, -0.2) is 27.5 Å². The second-order valence-corrected chi connectivity index (χ2v) is 3.16. The molecule has 0 aromatic heterocycles. The van der Waals surface area contributed by atoms with Crippen molar-refractivity contribution in [2.45, 2.75) is 19.2 Å². The summed E-state index contributed by atoms with van der Waals surface area (Å²) in [7, 11) is 0. The van der Waals surface area contributed by atoms with Gasteiger partial charge in [-0.25, -0.2) is 0 Å². The second-order valence-electron chi connectivity index (χ2n) is 2.73. The van der Waals surface area contributed by atoms with Crippen molar-refractivity contribution in [1.29, 1.82) is 0 Å². The average Bonchev–Trinajstić information content (AvgIpc) is 1.85. The first-order valence-electron chi connectivity index (χ1n) is 2.90. The molecule has 2 N–H and O–H groups in total. The predicted octanol–water partition coefficient (Wildman–Crippen LogP) is 0.789. The van der Waals surface area contributed by atoms with Crippen LogP contribution in [0.15, 0.2) is 0 Å². The first kappa shape index (κ1) is 10.2. The molecule has 0 heterocycles. The van der Waals surface area contributed by atoms with E-state index in [4.69, 9.17) is 21.8 Å². The molecule has 0 aliphatic carbocycles. The van der Waals surface area contributed by atoms with E-state index >= 15 is 0 Å². The summed E-state index contributed by atoms with van der Waals surface area (Å²) in [5.74, 6) is -2.54. The molecular formula is C6H9ClO4. The summed E-state index contributed by atoms with van der Waals surface area (Å²) < 4.78 is 0. The molecule has 0 aromatic carbocycles. The minimum absolute atomic E-state index is 1.22. The van der Waals surface area contributed by atoms with E-state index in [1.165, 1.54) is 13.8 Å². The highest BCUT2D eigenvalue weighted by atomic mass is 35.5. The molecule has 4 nitrogen and oxygen atoms in total. The SMILES string of the molecule is CC(C)(C(=O)O)[C@H](Cl)C(=O)O. The highest BCUT2D eigenvalue weighted by Gasteiger charge is 2.40. The van der Waals surface area contributed by atoms with Crippen molar-refractivity contribution in [3.63, 3.8) is 0 Å². The van der Waals surface area contributed by atoms with Gasteiger partial charge in [-0.15, -0.1) is 11.6 Å². The Balaban J connectivity index is 4.55. The van der Waals surface area contributed by atoms with Crippen LogP contribution in [0, 0.1) is 5.41 Å². The van der Waals surface area contributed by atoms with Crippen molar-refractivity contribution >= 4 is 23.5 Å². The molecule has 0 aromatic rings. The lowest BCUT2D eigenvalue weighted by molar-refractivity contribution is -0.152. The molecule has 11 heavy (non-hydrogen) atoms. The van der Waals surface area contributed by atoms with Crippen molar-refractivity contribution in [2.75, 3.05) is 0 Å². The summed E-state index contributed by atoms with van der Waals surface area (Å²) in [5, 5.41) is 15.5. The van der Waals surface area contributed by atoms with Gasteiger partial charge in [0.25, 0.3) is 0 Å². The van der Waals surface area contributed by atoms with Crippen LogP contribution < -0.4 is 0 Å². The number of hydrogen-bond acceptors (Lipinski definition) is 2. The van der Waals surface area contributed by atoms with Crippen LogP contribution in [0.25, 0.3) is 0 Å². The van der Waals surface area contributed by atoms with E-state index in [1.807, 2.05) is 0 Å². The molecule has 1 atom stereocenters. The number of hydrogen-bond donors (Lipinski definition) is 2. The maximum Gasteiger partial charge on any atom is 0.322 e. The largest absolute Gasteiger partial charge is 0.481 e. The number of halogens is 1. The van der Waals surface area contributed by atoms with Crippen LogP contribution in [0.5, 0.6) is 0 Å². The van der Waals surface area contributed by atoms with Gasteiger partial charge in [0, 0.05) is 0 Å². The van der Waals surface area contributed by atoms with Crippen molar-refractivity contribution in [1.82, 2.24) is 0 Å². The number of carboxylic acid groups (broad SMARTS) is 2. The topological polar surface area (TPSA) is 74.6 Å². The molecule has 0 saturated heterocycles. The molecule has 0 aliphatic heterocycles. The number of alkyl halides is 1. The Morgan fingerprint density at radius 2 is 1.73 bits per heavy atom. The molecule has 5 heteroatoms. The highest BCUT2D eigenvalue weighted by Crippen LogP contribution is 2.25. The third-order valence-corrected chi connectivity index (χ3v) is 2.13. The van der Waals surface area contributed by atoms with Gasteiger partial charge in [0.2, 0.25) is 0 Å². The molecular weight excluding hydrogens is 172 g/mol. The van der Waals surface area contributed by atoms with Gasteiger partial charge >= 0.3 is 11.9 Å². The number of carboxylic acids is 2. The van der Waals surface area contributed by atoms with Crippen molar-refractivity contribution < 1.29 is 19.8 Å². The monoisotopic (exact) mass is 180 g/mol. The Hall–Kier alpha value is -0.770. The summed E-state index contributed by atoms with van der Waals surface area (Å²) in [6.07, 6.45) is 0. The Bertz CT molecular complexity index is 187. The number of aliphatic carboxylic acids is 2. The highest BCUT2D eigenvalue weighted by molar-refractivity contribution is 6.31. The van der Waals surface area contributed by atoms with E-state index in [1.54, 1.807) is 0 Å². The zero-order valence-corrected chi connectivity index (χ0v) is 6.92. The fourth-order valence-corrected chi connectivity index (χ4v) is 0.510. The summed E-state index contributed by atoms with van der Waals surface area (Å²) in [6, 6.07) is 0. The maximum atomic E-state index is 10.4. The van der Waals surface area contributed by atoms with Crippen molar-refractivity contribution in [3.05, 3.63) is 0 Å². The number of carbonyl (C=O) groups is 2. The van der Waals surface area contributed by atoms with Gasteiger partial charge in [-0.3, -0.25) is 9.59 Å². The van der Waals surface area contributed by atoms with E-state index in [2.05, 4.69) is 0 Å². The zero-order chi connectivity index (χ0) is 9.23. The summed E-state index contributed by atoms with van der Waals surface area (Å²) >= 11 is 5.32. The van der Waals surface area contributed by atoms with E-state index in [0.717, 1.165) is 0 Å². The lowest BCUT2D eigenvalue weighted by Crippen LogP contribution is -2.38. The fourth-order valence-electron chi connectivity index (χ4n) is 0.417. The van der Waals surface area contributed by atoms with Crippen LogP contribution in [0.1, 0.15) is 13.8 Å². The van der Waals surface area contributed by atoms with Gasteiger partial charge < -0.3 is 10.2 Å². The molecule has 0 radical (unpaired) electrons. The van der Waals surface area contributed by atoms with Crippen LogP contribution >= 0.6 is 11.6 Å². The summed E-state index contributed by atoms with van der Waals surface area (Å²) in [5.41, 5.74) is -1.44. The average molecular weight is 181 g/mol. The predicted molar refractivity (Wildman–Crippen MR) is 38.7 cm³/mol. The Kier molecular flexibility index (Phi) is 2.87. The Morgan fingerprint density at radius 3 is 1.82 bits per heavy atom.